The van der Waals surface area contributed by atoms with Crippen LogP contribution in [-0.2, 0) is 16.9 Å². The van der Waals surface area contributed by atoms with Gasteiger partial charge < -0.3 is 25.0 Å². The highest BCUT2D eigenvalue weighted by Gasteiger charge is 2.28. The van der Waals surface area contributed by atoms with E-state index in [-0.39, 0.29) is 0 Å². The van der Waals surface area contributed by atoms with E-state index >= 15 is 0 Å². The van der Waals surface area contributed by atoms with Gasteiger partial charge in [0.05, 0.1) is 33.8 Å². The second-order valence-electron chi connectivity index (χ2n) is 8.55. The molecule has 4 heterocycles. The number of thiophene rings is 1. The Kier molecular flexibility index (Phi) is 5.71. The highest BCUT2D eigenvalue weighted by atomic mass is 32.1. The first kappa shape index (κ1) is 21.5. The van der Waals surface area contributed by atoms with Gasteiger partial charge in [-0.25, -0.2) is 0 Å². The number of hydrogen-bond donors (Lipinski definition) is 4. The van der Waals surface area contributed by atoms with Crippen LogP contribution in [0.4, 0.5) is 5.69 Å². The van der Waals surface area contributed by atoms with E-state index < -0.39 is 5.60 Å². The Labute approximate surface area is 191 Å². The van der Waals surface area contributed by atoms with Crippen LogP contribution in [0.5, 0.6) is 0 Å². The number of piperazine rings is 1. The lowest BCUT2D eigenvalue weighted by molar-refractivity contribution is 0.0285. The second-order valence-corrected chi connectivity index (χ2v) is 9.68. The second kappa shape index (κ2) is 8.51. The molecule has 0 atom stereocenters. The molecule has 7 nitrogen and oxygen atoms in total. The SMILES string of the molecule is CCC(O)(CC)c1ccc2c(N3CCNCC3)c(-c3n[nH]c4cc(COC)sc34)[nH]c2c1. The molecule has 4 aromatic rings. The summed E-state index contributed by atoms with van der Waals surface area (Å²) in [5, 5.41) is 23.6. The largest absolute Gasteiger partial charge is 0.385 e. The zero-order valence-electron chi connectivity index (χ0n) is 18.9. The molecule has 0 spiro atoms. The molecule has 0 amide bonds. The number of nitrogens with one attached hydrogen (secondary N) is 3. The molecular weight excluding hydrogens is 422 g/mol. The predicted octanol–water partition coefficient (Wildman–Crippen LogP) is 4.34. The third-order valence-electron chi connectivity index (χ3n) is 6.72. The molecule has 1 aromatic carbocycles. The van der Waals surface area contributed by atoms with E-state index in [1.54, 1.807) is 18.4 Å². The zero-order valence-corrected chi connectivity index (χ0v) is 19.7. The molecule has 1 saturated heterocycles. The minimum absolute atomic E-state index is 0.597. The summed E-state index contributed by atoms with van der Waals surface area (Å²) in [7, 11) is 1.72. The van der Waals surface area contributed by atoms with Gasteiger partial charge in [0.15, 0.2) is 0 Å². The average molecular weight is 454 g/mol. The van der Waals surface area contributed by atoms with E-state index in [4.69, 9.17) is 9.84 Å². The molecule has 8 heteroatoms. The topological polar surface area (TPSA) is 89.2 Å². The van der Waals surface area contributed by atoms with Crippen LogP contribution in [-0.4, -0.2) is 53.6 Å². The number of rotatable bonds is 7. The Morgan fingerprint density at radius 1 is 1.16 bits per heavy atom. The summed E-state index contributed by atoms with van der Waals surface area (Å²) in [5.41, 5.74) is 5.40. The van der Waals surface area contributed by atoms with E-state index in [1.165, 1.54) is 16.0 Å². The molecule has 1 aliphatic heterocycles. The van der Waals surface area contributed by atoms with Crippen LogP contribution in [0.2, 0.25) is 0 Å². The molecule has 3 aromatic heterocycles. The Hall–Kier alpha value is -2.39. The molecule has 5 rings (SSSR count). The molecule has 1 fully saturated rings. The van der Waals surface area contributed by atoms with Crippen molar-refractivity contribution >= 4 is 38.1 Å². The maximum atomic E-state index is 11.1. The van der Waals surface area contributed by atoms with Crippen molar-refractivity contribution in [2.75, 3.05) is 38.2 Å². The smallest absolute Gasteiger partial charge is 0.128 e. The van der Waals surface area contributed by atoms with Crippen LogP contribution in [0.1, 0.15) is 37.1 Å². The fourth-order valence-electron chi connectivity index (χ4n) is 4.77. The highest BCUT2D eigenvalue weighted by molar-refractivity contribution is 7.19. The minimum Gasteiger partial charge on any atom is -0.385 e. The summed E-state index contributed by atoms with van der Waals surface area (Å²) < 4.78 is 6.47. The van der Waals surface area contributed by atoms with Gasteiger partial charge in [0.2, 0.25) is 0 Å². The Bertz CT molecular complexity index is 1230. The number of aliphatic hydroxyl groups is 1. The Morgan fingerprint density at radius 3 is 2.66 bits per heavy atom. The van der Waals surface area contributed by atoms with Gasteiger partial charge in [-0.05, 0) is 30.5 Å². The van der Waals surface area contributed by atoms with Crippen molar-refractivity contribution in [1.29, 1.82) is 0 Å². The number of anilines is 1. The lowest BCUT2D eigenvalue weighted by Crippen LogP contribution is -2.43. The first-order chi connectivity index (χ1) is 15.6. The number of aromatic amines is 2. The summed E-state index contributed by atoms with van der Waals surface area (Å²) in [4.78, 5) is 7.30. The van der Waals surface area contributed by atoms with E-state index in [0.717, 1.165) is 58.9 Å². The third kappa shape index (κ3) is 3.51. The lowest BCUT2D eigenvalue weighted by Gasteiger charge is -2.30. The number of methoxy groups -OCH3 is 1. The maximum Gasteiger partial charge on any atom is 0.128 e. The summed E-state index contributed by atoms with van der Waals surface area (Å²) in [6, 6.07) is 8.48. The van der Waals surface area contributed by atoms with Crippen molar-refractivity contribution in [2.45, 2.75) is 38.9 Å². The number of H-pyrrole nitrogens is 2. The highest BCUT2D eigenvalue weighted by Crippen LogP contribution is 2.43. The van der Waals surface area contributed by atoms with Crippen LogP contribution in [0.25, 0.3) is 32.5 Å². The first-order valence-corrected chi connectivity index (χ1v) is 12.2. The predicted molar refractivity (Wildman–Crippen MR) is 132 cm³/mol. The summed E-state index contributed by atoms with van der Waals surface area (Å²) in [5.74, 6) is 0. The van der Waals surface area contributed by atoms with Crippen molar-refractivity contribution in [3.63, 3.8) is 0 Å². The first-order valence-electron chi connectivity index (χ1n) is 11.4. The van der Waals surface area contributed by atoms with Crippen molar-refractivity contribution in [3.05, 3.63) is 34.7 Å². The summed E-state index contributed by atoms with van der Waals surface area (Å²) in [6.07, 6.45) is 1.37. The molecule has 170 valence electrons. The molecule has 0 saturated carbocycles. The monoisotopic (exact) mass is 453 g/mol. The molecule has 0 aliphatic carbocycles. The number of fused-ring (bicyclic) bond motifs is 2. The minimum atomic E-state index is -0.808. The third-order valence-corrected chi connectivity index (χ3v) is 7.84. The lowest BCUT2D eigenvalue weighted by atomic mass is 9.88. The average Bonchev–Trinajstić information content (AvgIpc) is 3.51. The normalized spacial score (nSPS) is 15.3. The number of ether oxygens (including phenoxy) is 1. The molecular formula is C24H31N5O2S. The van der Waals surface area contributed by atoms with Crippen molar-refractivity contribution < 1.29 is 9.84 Å². The fourth-order valence-corrected chi connectivity index (χ4v) is 5.84. The van der Waals surface area contributed by atoms with E-state index in [2.05, 4.69) is 44.6 Å². The van der Waals surface area contributed by atoms with Gasteiger partial charge in [-0.15, -0.1) is 11.3 Å². The molecule has 32 heavy (non-hydrogen) atoms. The van der Waals surface area contributed by atoms with Crippen LogP contribution in [0.15, 0.2) is 24.3 Å². The van der Waals surface area contributed by atoms with Gasteiger partial charge in [0.1, 0.15) is 5.69 Å². The summed E-state index contributed by atoms with van der Waals surface area (Å²) >= 11 is 1.72. The Morgan fingerprint density at radius 2 is 1.94 bits per heavy atom. The van der Waals surface area contributed by atoms with Gasteiger partial charge >= 0.3 is 0 Å². The van der Waals surface area contributed by atoms with Crippen molar-refractivity contribution in [3.8, 4) is 11.4 Å². The van der Waals surface area contributed by atoms with Crippen LogP contribution < -0.4 is 10.2 Å². The van der Waals surface area contributed by atoms with E-state index in [0.29, 0.717) is 19.4 Å². The van der Waals surface area contributed by atoms with Crippen LogP contribution >= 0.6 is 11.3 Å². The molecule has 1 aliphatic rings. The van der Waals surface area contributed by atoms with Crippen molar-refractivity contribution in [1.82, 2.24) is 20.5 Å². The number of nitrogens with zero attached hydrogens (tertiary/aromatic N) is 2. The van der Waals surface area contributed by atoms with Gasteiger partial charge in [0.25, 0.3) is 0 Å². The van der Waals surface area contributed by atoms with Crippen LogP contribution in [0.3, 0.4) is 0 Å². The number of benzene rings is 1. The molecule has 0 bridgehead atoms. The van der Waals surface area contributed by atoms with Crippen molar-refractivity contribution in [2.24, 2.45) is 0 Å². The standard InChI is InChI=1S/C24H31N5O2S/c1-4-24(30,5-2)15-6-7-17-18(12-15)26-20(22(17)29-10-8-25-9-11-29)21-23-19(27-28-21)13-16(32-23)14-31-3/h6-7,12-13,25-26,30H,4-5,8-11,14H2,1-3H3,(H,27,28). The zero-order chi connectivity index (χ0) is 22.3. The number of aromatic nitrogens is 3. The quantitative estimate of drug-likeness (QED) is 0.334. The van der Waals surface area contributed by atoms with E-state index in [1.807, 2.05) is 13.8 Å². The molecule has 4 N–H and O–H groups in total. The van der Waals surface area contributed by atoms with E-state index in [9.17, 15) is 5.11 Å². The van der Waals surface area contributed by atoms with Gasteiger partial charge in [-0.3, -0.25) is 5.10 Å². The summed E-state index contributed by atoms with van der Waals surface area (Å²) in [6.45, 7) is 8.49. The van der Waals surface area contributed by atoms with Gasteiger partial charge in [-0.1, -0.05) is 26.0 Å². The molecule has 0 radical (unpaired) electrons. The van der Waals surface area contributed by atoms with Gasteiger partial charge in [0, 0.05) is 49.1 Å². The molecule has 0 unspecified atom stereocenters. The van der Waals surface area contributed by atoms with Gasteiger partial charge in [-0.2, -0.15) is 5.10 Å². The van der Waals surface area contributed by atoms with Crippen LogP contribution in [0, 0.1) is 0 Å². The fraction of sp³-hybridized carbons (Fsp3) is 0.458. The Balaban J connectivity index is 1.70. The number of hydrogen-bond acceptors (Lipinski definition) is 6. The maximum absolute atomic E-state index is 11.1.